The molecule has 0 heterocycles. The average molecular weight is 230 g/mol. The lowest BCUT2D eigenvalue weighted by Gasteiger charge is -2.02. The van der Waals surface area contributed by atoms with E-state index in [2.05, 4.69) is 0 Å². The Balaban J connectivity index is 3.15. The minimum atomic E-state index is -0.971. The average Bonchev–Trinajstić information content (AvgIpc) is 2.01. The van der Waals surface area contributed by atoms with Gasteiger partial charge in [-0.2, -0.15) is 5.26 Å². The van der Waals surface area contributed by atoms with E-state index in [-0.39, 0.29) is 22.0 Å². The Morgan fingerprint density at radius 1 is 1.43 bits per heavy atom. The molecule has 5 heteroatoms. The summed E-state index contributed by atoms with van der Waals surface area (Å²) in [4.78, 5) is 10.4. The molecule has 0 atom stereocenters. The van der Waals surface area contributed by atoms with Gasteiger partial charge in [0, 0.05) is 0 Å². The number of nitrogens with zero attached hydrogens (tertiary/aromatic N) is 1. The fraction of sp³-hybridized carbons (Fsp3) is 0.111. The summed E-state index contributed by atoms with van der Waals surface area (Å²) in [6, 6.07) is 4.69. The number of benzene rings is 1. The zero-order chi connectivity index (χ0) is 10.7. The fourth-order valence-electron chi connectivity index (χ4n) is 1.01. The Bertz CT molecular complexity index is 400. The van der Waals surface area contributed by atoms with E-state index in [0.717, 1.165) is 0 Å². The van der Waals surface area contributed by atoms with E-state index in [1.165, 1.54) is 12.1 Å². The lowest BCUT2D eigenvalue weighted by Crippen LogP contribution is -2.00. The van der Waals surface area contributed by atoms with Gasteiger partial charge < -0.3 is 5.11 Å². The van der Waals surface area contributed by atoms with Gasteiger partial charge in [-0.05, 0) is 17.7 Å². The first-order valence-corrected chi connectivity index (χ1v) is 4.40. The van der Waals surface area contributed by atoms with Gasteiger partial charge in [-0.1, -0.05) is 23.2 Å². The SMILES string of the molecule is N#Cc1c(Cl)cc(CC(=O)O)cc1Cl. The van der Waals surface area contributed by atoms with Gasteiger partial charge in [-0.3, -0.25) is 4.79 Å². The molecule has 1 N–H and O–H groups in total. The number of aliphatic carboxylic acids is 1. The van der Waals surface area contributed by atoms with Crippen molar-refractivity contribution in [3.8, 4) is 6.07 Å². The summed E-state index contributed by atoms with van der Waals surface area (Å²) in [5.74, 6) is -0.971. The number of hydrogen-bond acceptors (Lipinski definition) is 2. The van der Waals surface area contributed by atoms with E-state index < -0.39 is 5.97 Å². The van der Waals surface area contributed by atoms with Crippen LogP contribution >= 0.6 is 23.2 Å². The van der Waals surface area contributed by atoms with Crippen LogP contribution in [0.15, 0.2) is 12.1 Å². The lowest BCUT2D eigenvalue weighted by atomic mass is 10.1. The van der Waals surface area contributed by atoms with Crippen LogP contribution in [0.25, 0.3) is 0 Å². The molecule has 1 aromatic carbocycles. The molecule has 0 fully saturated rings. The quantitative estimate of drug-likeness (QED) is 0.848. The van der Waals surface area contributed by atoms with Gasteiger partial charge in [0.2, 0.25) is 0 Å². The molecule has 0 unspecified atom stereocenters. The minimum absolute atomic E-state index is 0.162. The van der Waals surface area contributed by atoms with E-state index in [0.29, 0.717) is 5.56 Å². The number of nitriles is 1. The topological polar surface area (TPSA) is 61.1 Å². The van der Waals surface area contributed by atoms with Crippen LogP contribution in [0.2, 0.25) is 10.0 Å². The summed E-state index contributed by atoms with van der Waals surface area (Å²) in [5, 5.41) is 17.5. The summed E-state index contributed by atoms with van der Waals surface area (Å²) in [7, 11) is 0. The van der Waals surface area contributed by atoms with Gasteiger partial charge in [0.25, 0.3) is 0 Å². The molecule has 0 aliphatic carbocycles. The van der Waals surface area contributed by atoms with Crippen molar-refractivity contribution in [1.82, 2.24) is 0 Å². The Morgan fingerprint density at radius 2 is 1.93 bits per heavy atom. The Hall–Kier alpha value is -1.24. The van der Waals surface area contributed by atoms with Gasteiger partial charge in [-0.15, -0.1) is 0 Å². The summed E-state index contributed by atoms with van der Waals surface area (Å²) < 4.78 is 0. The van der Waals surface area contributed by atoms with Crippen molar-refractivity contribution in [3.63, 3.8) is 0 Å². The van der Waals surface area contributed by atoms with Crippen molar-refractivity contribution in [3.05, 3.63) is 33.3 Å². The van der Waals surface area contributed by atoms with Crippen molar-refractivity contribution in [2.75, 3.05) is 0 Å². The van der Waals surface area contributed by atoms with Gasteiger partial charge in [0.1, 0.15) is 6.07 Å². The largest absolute Gasteiger partial charge is 0.481 e. The Morgan fingerprint density at radius 3 is 2.29 bits per heavy atom. The molecule has 72 valence electrons. The molecule has 0 amide bonds. The molecule has 0 aliphatic rings. The summed E-state index contributed by atoms with van der Waals surface area (Å²) in [5.41, 5.74) is 0.647. The molecule has 0 saturated heterocycles. The molecule has 0 aromatic heterocycles. The third kappa shape index (κ3) is 2.38. The highest BCUT2D eigenvalue weighted by molar-refractivity contribution is 6.36. The van der Waals surface area contributed by atoms with Crippen LogP contribution < -0.4 is 0 Å². The number of carbonyl (C=O) groups is 1. The number of halogens is 2. The Labute approximate surface area is 90.5 Å². The molecular formula is C9H5Cl2NO2. The summed E-state index contributed by atoms with van der Waals surface area (Å²) in [6.45, 7) is 0. The molecule has 0 spiro atoms. The fourth-order valence-corrected chi connectivity index (χ4v) is 1.63. The van der Waals surface area contributed by atoms with E-state index in [4.69, 9.17) is 33.6 Å². The van der Waals surface area contributed by atoms with Crippen LogP contribution in [0.5, 0.6) is 0 Å². The number of carboxylic acids is 1. The zero-order valence-corrected chi connectivity index (χ0v) is 8.43. The molecular weight excluding hydrogens is 225 g/mol. The molecule has 1 aromatic rings. The van der Waals surface area contributed by atoms with Crippen molar-refractivity contribution in [2.45, 2.75) is 6.42 Å². The first-order valence-electron chi connectivity index (χ1n) is 3.64. The maximum atomic E-state index is 10.4. The summed E-state index contributed by atoms with van der Waals surface area (Å²) >= 11 is 11.4. The highest BCUT2D eigenvalue weighted by Crippen LogP contribution is 2.25. The number of carboxylic acid groups (broad SMARTS) is 1. The molecule has 0 aliphatic heterocycles. The maximum Gasteiger partial charge on any atom is 0.307 e. The molecule has 0 bridgehead atoms. The first-order chi connectivity index (χ1) is 6.54. The van der Waals surface area contributed by atoms with Crippen LogP contribution in [-0.2, 0) is 11.2 Å². The molecule has 0 saturated carbocycles. The third-order valence-electron chi connectivity index (χ3n) is 1.57. The second-order valence-corrected chi connectivity index (χ2v) is 3.43. The van der Waals surface area contributed by atoms with Gasteiger partial charge in [0.05, 0.1) is 22.0 Å². The normalized spacial score (nSPS) is 9.50. The molecule has 14 heavy (non-hydrogen) atoms. The highest BCUT2D eigenvalue weighted by atomic mass is 35.5. The van der Waals surface area contributed by atoms with Gasteiger partial charge in [0.15, 0.2) is 0 Å². The van der Waals surface area contributed by atoms with E-state index in [9.17, 15) is 4.79 Å². The molecule has 0 radical (unpaired) electrons. The highest BCUT2D eigenvalue weighted by Gasteiger charge is 2.09. The summed E-state index contributed by atoms with van der Waals surface area (Å²) in [6.07, 6.45) is -0.162. The Kier molecular flexibility index (Phi) is 3.34. The van der Waals surface area contributed by atoms with Crippen LogP contribution in [0, 0.1) is 11.3 Å². The molecule has 1 rings (SSSR count). The smallest absolute Gasteiger partial charge is 0.307 e. The van der Waals surface area contributed by atoms with Crippen LogP contribution in [-0.4, -0.2) is 11.1 Å². The number of hydrogen-bond donors (Lipinski definition) is 1. The van der Waals surface area contributed by atoms with Crippen LogP contribution in [0.1, 0.15) is 11.1 Å². The van der Waals surface area contributed by atoms with Gasteiger partial charge >= 0.3 is 5.97 Å². The second kappa shape index (κ2) is 4.32. The van der Waals surface area contributed by atoms with Crippen LogP contribution in [0.3, 0.4) is 0 Å². The van der Waals surface area contributed by atoms with Crippen molar-refractivity contribution >= 4 is 29.2 Å². The second-order valence-electron chi connectivity index (χ2n) is 2.62. The molecule has 3 nitrogen and oxygen atoms in total. The predicted molar refractivity (Wildman–Crippen MR) is 52.5 cm³/mol. The minimum Gasteiger partial charge on any atom is -0.481 e. The van der Waals surface area contributed by atoms with Crippen molar-refractivity contribution < 1.29 is 9.90 Å². The lowest BCUT2D eigenvalue weighted by molar-refractivity contribution is -0.136. The van der Waals surface area contributed by atoms with E-state index >= 15 is 0 Å². The van der Waals surface area contributed by atoms with Gasteiger partial charge in [-0.25, -0.2) is 0 Å². The van der Waals surface area contributed by atoms with Crippen LogP contribution in [0.4, 0.5) is 0 Å². The number of rotatable bonds is 2. The van der Waals surface area contributed by atoms with Crippen molar-refractivity contribution in [2.24, 2.45) is 0 Å². The predicted octanol–water partition coefficient (Wildman–Crippen LogP) is 2.49. The standard InChI is InChI=1S/C9H5Cl2NO2/c10-7-1-5(3-9(13)14)2-8(11)6(7)4-12/h1-2H,3H2,(H,13,14). The first kappa shape index (κ1) is 10.8. The third-order valence-corrected chi connectivity index (χ3v) is 2.17. The van der Waals surface area contributed by atoms with Crippen molar-refractivity contribution in [1.29, 1.82) is 5.26 Å². The zero-order valence-electron chi connectivity index (χ0n) is 6.92. The maximum absolute atomic E-state index is 10.4. The monoisotopic (exact) mass is 229 g/mol. The van der Waals surface area contributed by atoms with E-state index in [1.54, 1.807) is 0 Å². The van der Waals surface area contributed by atoms with E-state index in [1.807, 2.05) is 6.07 Å².